The Morgan fingerprint density at radius 1 is 1.47 bits per heavy atom. The fourth-order valence-corrected chi connectivity index (χ4v) is 1.64. The van der Waals surface area contributed by atoms with E-state index in [2.05, 4.69) is 15.4 Å². The highest BCUT2D eigenvalue weighted by molar-refractivity contribution is 6.30. The minimum Gasteiger partial charge on any atom is -0.332 e. The lowest BCUT2D eigenvalue weighted by Gasteiger charge is -2.05. The van der Waals surface area contributed by atoms with Crippen molar-refractivity contribution in [1.82, 2.24) is 14.8 Å². The number of anilines is 2. The van der Waals surface area contributed by atoms with Crippen LogP contribution in [0.25, 0.3) is 0 Å². The number of aromatic nitrogens is 3. The summed E-state index contributed by atoms with van der Waals surface area (Å²) in [4.78, 5) is 14.3. The highest BCUT2D eigenvalue weighted by Gasteiger charge is 2.16. The van der Waals surface area contributed by atoms with Gasteiger partial charge in [0, 0.05) is 24.5 Å². The first-order chi connectivity index (χ1) is 8.97. The smallest absolute Gasteiger partial charge is 0.313 e. The molecule has 8 heteroatoms. The van der Waals surface area contributed by atoms with E-state index in [-0.39, 0.29) is 22.6 Å². The zero-order valence-electron chi connectivity index (χ0n) is 10.4. The van der Waals surface area contributed by atoms with Crippen molar-refractivity contribution in [2.24, 2.45) is 0 Å². The van der Waals surface area contributed by atoms with E-state index in [1.807, 2.05) is 13.8 Å². The number of nitrogens with zero attached hydrogens (tertiary/aromatic N) is 4. The van der Waals surface area contributed by atoms with E-state index in [9.17, 15) is 10.1 Å². The molecule has 0 radical (unpaired) electrons. The number of pyridine rings is 1. The summed E-state index contributed by atoms with van der Waals surface area (Å²) in [7, 11) is 0. The molecule has 7 nitrogen and oxygen atoms in total. The molecule has 0 aromatic carbocycles. The molecule has 2 rings (SSSR count). The lowest BCUT2D eigenvalue weighted by atomic mass is 10.4. The first kappa shape index (κ1) is 13.3. The molecule has 100 valence electrons. The molecule has 2 heterocycles. The quantitative estimate of drug-likeness (QED) is 0.687. The van der Waals surface area contributed by atoms with E-state index < -0.39 is 4.92 Å². The minimum absolute atomic E-state index is 0.137. The Morgan fingerprint density at radius 2 is 2.21 bits per heavy atom. The lowest BCUT2D eigenvalue weighted by molar-refractivity contribution is -0.384. The number of nitrogens with one attached hydrogen (secondary N) is 1. The van der Waals surface area contributed by atoms with Crippen LogP contribution in [0.4, 0.5) is 17.2 Å². The van der Waals surface area contributed by atoms with Crippen LogP contribution in [0, 0.1) is 10.1 Å². The average molecular weight is 282 g/mol. The standard InChI is InChI=1S/C11H12ClN5O2/c1-7(2)16-6-9(5-14-16)15-11-10(17(18)19)3-8(12)4-13-11/h3-7H,1-2H3,(H,13,15). The lowest BCUT2D eigenvalue weighted by Crippen LogP contribution is -2.01. The first-order valence-corrected chi connectivity index (χ1v) is 5.96. The van der Waals surface area contributed by atoms with E-state index in [4.69, 9.17) is 11.6 Å². The zero-order chi connectivity index (χ0) is 14.0. The largest absolute Gasteiger partial charge is 0.332 e. The maximum Gasteiger partial charge on any atom is 0.313 e. The molecule has 19 heavy (non-hydrogen) atoms. The second-order valence-corrected chi connectivity index (χ2v) is 4.64. The number of nitro groups is 1. The molecule has 1 N–H and O–H groups in total. The summed E-state index contributed by atoms with van der Waals surface area (Å²) in [5, 5.41) is 18.1. The normalized spacial score (nSPS) is 10.7. The van der Waals surface area contributed by atoms with E-state index >= 15 is 0 Å². The monoisotopic (exact) mass is 281 g/mol. The molecule has 0 saturated carbocycles. The van der Waals surface area contributed by atoms with Gasteiger partial charge in [0.25, 0.3) is 0 Å². The van der Waals surface area contributed by atoms with Crippen LogP contribution in [-0.2, 0) is 0 Å². The Bertz CT molecular complexity index is 611. The van der Waals surface area contributed by atoms with Crippen molar-refractivity contribution in [3.63, 3.8) is 0 Å². The summed E-state index contributed by atoms with van der Waals surface area (Å²) >= 11 is 5.70. The number of rotatable bonds is 4. The molecule has 0 bridgehead atoms. The molecule has 2 aromatic rings. The van der Waals surface area contributed by atoms with Crippen LogP contribution >= 0.6 is 11.6 Å². The topological polar surface area (TPSA) is 85.9 Å². The Labute approximate surface area is 114 Å². The summed E-state index contributed by atoms with van der Waals surface area (Å²) in [6.07, 6.45) is 4.69. The Morgan fingerprint density at radius 3 is 2.79 bits per heavy atom. The molecule has 0 spiro atoms. The third kappa shape index (κ3) is 3.00. The van der Waals surface area contributed by atoms with Gasteiger partial charge in [0.1, 0.15) is 0 Å². The van der Waals surface area contributed by atoms with Crippen LogP contribution in [0.3, 0.4) is 0 Å². The van der Waals surface area contributed by atoms with Gasteiger partial charge in [-0.2, -0.15) is 5.10 Å². The fourth-order valence-electron chi connectivity index (χ4n) is 1.49. The fraction of sp³-hybridized carbons (Fsp3) is 0.273. The summed E-state index contributed by atoms with van der Waals surface area (Å²) in [5.41, 5.74) is 0.455. The Balaban J connectivity index is 2.29. The molecule has 0 atom stereocenters. The number of hydrogen-bond acceptors (Lipinski definition) is 5. The predicted molar refractivity (Wildman–Crippen MR) is 71.8 cm³/mol. The molecule has 0 fully saturated rings. The van der Waals surface area contributed by atoms with Crippen molar-refractivity contribution in [2.75, 3.05) is 5.32 Å². The van der Waals surface area contributed by atoms with Crippen LogP contribution in [0.15, 0.2) is 24.7 Å². The first-order valence-electron chi connectivity index (χ1n) is 5.58. The third-order valence-corrected chi connectivity index (χ3v) is 2.63. The van der Waals surface area contributed by atoms with Gasteiger partial charge in [-0.25, -0.2) is 4.98 Å². The van der Waals surface area contributed by atoms with Gasteiger partial charge in [-0.1, -0.05) is 11.6 Å². The van der Waals surface area contributed by atoms with Gasteiger partial charge in [0.05, 0.1) is 21.8 Å². The van der Waals surface area contributed by atoms with E-state index in [1.165, 1.54) is 12.3 Å². The van der Waals surface area contributed by atoms with Gasteiger partial charge in [-0.3, -0.25) is 14.8 Å². The molecule has 0 aliphatic heterocycles. The second-order valence-electron chi connectivity index (χ2n) is 4.21. The summed E-state index contributed by atoms with van der Waals surface area (Å²) in [5.74, 6) is 0.137. The van der Waals surface area contributed by atoms with Crippen molar-refractivity contribution in [3.05, 3.63) is 39.8 Å². The Hall–Kier alpha value is -2.15. The third-order valence-electron chi connectivity index (χ3n) is 2.42. The second kappa shape index (κ2) is 5.23. The van der Waals surface area contributed by atoms with Crippen LogP contribution in [0.1, 0.15) is 19.9 Å². The SMILES string of the molecule is CC(C)n1cc(Nc2ncc(Cl)cc2[N+](=O)[O-])cn1. The van der Waals surface area contributed by atoms with Crippen molar-refractivity contribution in [2.45, 2.75) is 19.9 Å². The van der Waals surface area contributed by atoms with Crippen LogP contribution < -0.4 is 5.32 Å². The van der Waals surface area contributed by atoms with Crippen molar-refractivity contribution in [3.8, 4) is 0 Å². The molecular formula is C11H12ClN5O2. The van der Waals surface area contributed by atoms with Gasteiger partial charge in [0.2, 0.25) is 5.82 Å². The maximum atomic E-state index is 10.9. The summed E-state index contributed by atoms with van der Waals surface area (Å²) < 4.78 is 1.74. The van der Waals surface area contributed by atoms with Gasteiger partial charge in [-0.15, -0.1) is 0 Å². The zero-order valence-corrected chi connectivity index (χ0v) is 11.1. The van der Waals surface area contributed by atoms with E-state index in [0.29, 0.717) is 5.69 Å². The van der Waals surface area contributed by atoms with Gasteiger partial charge < -0.3 is 5.32 Å². The minimum atomic E-state index is -0.534. The predicted octanol–water partition coefficient (Wildman–Crippen LogP) is 3.16. The number of hydrogen-bond donors (Lipinski definition) is 1. The van der Waals surface area contributed by atoms with Crippen LogP contribution in [-0.4, -0.2) is 19.7 Å². The van der Waals surface area contributed by atoms with Gasteiger partial charge >= 0.3 is 5.69 Å². The Kier molecular flexibility index (Phi) is 3.66. The average Bonchev–Trinajstić information content (AvgIpc) is 2.80. The maximum absolute atomic E-state index is 10.9. The highest BCUT2D eigenvalue weighted by Crippen LogP contribution is 2.27. The summed E-state index contributed by atoms with van der Waals surface area (Å²) in [6.45, 7) is 3.97. The number of halogens is 1. The van der Waals surface area contributed by atoms with Crippen LogP contribution in [0.5, 0.6) is 0 Å². The molecule has 0 unspecified atom stereocenters. The van der Waals surface area contributed by atoms with Crippen molar-refractivity contribution < 1.29 is 4.92 Å². The molecule has 2 aromatic heterocycles. The van der Waals surface area contributed by atoms with E-state index in [1.54, 1.807) is 17.1 Å². The van der Waals surface area contributed by atoms with E-state index in [0.717, 1.165) is 0 Å². The van der Waals surface area contributed by atoms with Crippen LogP contribution in [0.2, 0.25) is 5.02 Å². The molecule has 0 aliphatic rings. The molecule has 0 aliphatic carbocycles. The van der Waals surface area contributed by atoms with Gasteiger partial charge in [-0.05, 0) is 13.8 Å². The molecular weight excluding hydrogens is 270 g/mol. The van der Waals surface area contributed by atoms with Crippen molar-refractivity contribution in [1.29, 1.82) is 0 Å². The highest BCUT2D eigenvalue weighted by atomic mass is 35.5. The molecule has 0 amide bonds. The van der Waals surface area contributed by atoms with Gasteiger partial charge in [0.15, 0.2) is 0 Å². The van der Waals surface area contributed by atoms with Crippen molar-refractivity contribution >= 4 is 28.8 Å². The molecule has 0 saturated heterocycles. The summed E-state index contributed by atoms with van der Waals surface area (Å²) in [6, 6.07) is 1.47.